The van der Waals surface area contributed by atoms with E-state index in [-0.39, 0.29) is 0 Å². The maximum Gasteiger partial charge on any atom is 0.0175 e. The molecule has 3 rings (SSSR count). The molecule has 0 radical (unpaired) electrons. The first-order valence-corrected chi connectivity index (χ1v) is 7.93. The van der Waals surface area contributed by atoms with E-state index in [4.69, 9.17) is 0 Å². The molecule has 0 bridgehead atoms. The Labute approximate surface area is 135 Å². The lowest BCUT2D eigenvalue weighted by Crippen LogP contribution is -1.91. The van der Waals surface area contributed by atoms with E-state index in [1.54, 1.807) is 0 Å². The lowest BCUT2D eigenvalue weighted by molar-refractivity contribution is 1.50. The van der Waals surface area contributed by atoms with Crippen molar-refractivity contribution in [2.24, 2.45) is 0 Å². The summed E-state index contributed by atoms with van der Waals surface area (Å²) in [4.78, 5) is 0. The Balaban J connectivity index is 2.17. The fraction of sp³-hybridized carbons (Fsp3) is 0. The number of rotatable bonds is 2. The molecule has 0 spiro atoms. The zero-order chi connectivity index (χ0) is 13.9. The van der Waals surface area contributed by atoms with Crippen LogP contribution < -0.4 is 0 Å². The molecule has 0 amide bonds. The lowest BCUT2D eigenvalue weighted by Gasteiger charge is -2.11. The smallest absolute Gasteiger partial charge is 0.0175 e. The number of allylic oxidation sites excluding steroid dienone is 5. The van der Waals surface area contributed by atoms with Gasteiger partial charge in [-0.15, -0.1) is 0 Å². The molecule has 2 heteroatoms. The van der Waals surface area contributed by atoms with Crippen molar-refractivity contribution in [1.82, 2.24) is 0 Å². The van der Waals surface area contributed by atoms with Gasteiger partial charge in [0.2, 0.25) is 0 Å². The summed E-state index contributed by atoms with van der Waals surface area (Å²) in [6.07, 6.45) is 8.46. The van der Waals surface area contributed by atoms with Crippen molar-refractivity contribution in [2.75, 3.05) is 0 Å². The zero-order valence-electron chi connectivity index (χ0n) is 10.7. The van der Waals surface area contributed by atoms with E-state index in [2.05, 4.69) is 105 Å². The van der Waals surface area contributed by atoms with Gasteiger partial charge in [0.15, 0.2) is 0 Å². The van der Waals surface area contributed by atoms with Crippen molar-refractivity contribution in [2.45, 2.75) is 0 Å². The van der Waals surface area contributed by atoms with E-state index >= 15 is 0 Å². The Kier molecular flexibility index (Phi) is 4.04. The van der Waals surface area contributed by atoms with Gasteiger partial charge in [-0.25, -0.2) is 0 Å². The fourth-order valence-corrected chi connectivity index (χ4v) is 2.80. The van der Waals surface area contributed by atoms with E-state index in [0.717, 1.165) is 8.95 Å². The van der Waals surface area contributed by atoms with Gasteiger partial charge in [0.1, 0.15) is 0 Å². The summed E-state index contributed by atoms with van der Waals surface area (Å²) in [6.45, 7) is 0. The van der Waals surface area contributed by atoms with Gasteiger partial charge in [0, 0.05) is 8.95 Å². The minimum Gasteiger partial charge on any atom is -0.0616 e. The SMILES string of the molecule is Brc1ccc(C(=C2C=CC=C2)c2ccc(Br)cc2)cc1. The lowest BCUT2D eigenvalue weighted by atomic mass is 9.93. The highest BCUT2D eigenvalue weighted by Crippen LogP contribution is 2.31. The first-order chi connectivity index (χ1) is 9.74. The quantitative estimate of drug-likeness (QED) is 0.580. The van der Waals surface area contributed by atoms with E-state index < -0.39 is 0 Å². The van der Waals surface area contributed by atoms with Crippen LogP contribution in [0.2, 0.25) is 0 Å². The molecule has 0 saturated carbocycles. The van der Waals surface area contributed by atoms with Crippen LogP contribution in [0, 0.1) is 0 Å². The summed E-state index contributed by atoms with van der Waals surface area (Å²) in [6, 6.07) is 16.9. The zero-order valence-corrected chi connectivity index (χ0v) is 13.9. The molecule has 0 heterocycles. The molecule has 20 heavy (non-hydrogen) atoms. The highest BCUT2D eigenvalue weighted by atomic mass is 79.9. The molecule has 0 N–H and O–H groups in total. The number of hydrogen-bond donors (Lipinski definition) is 0. The monoisotopic (exact) mass is 386 g/mol. The van der Waals surface area contributed by atoms with Crippen molar-refractivity contribution < 1.29 is 0 Å². The molecule has 0 fully saturated rings. The first-order valence-electron chi connectivity index (χ1n) is 6.35. The first kappa shape index (κ1) is 13.6. The minimum absolute atomic E-state index is 1.10. The predicted molar refractivity (Wildman–Crippen MR) is 92.6 cm³/mol. The molecule has 2 aromatic carbocycles. The molecule has 0 nitrogen and oxygen atoms in total. The van der Waals surface area contributed by atoms with Gasteiger partial charge >= 0.3 is 0 Å². The normalized spacial score (nSPS) is 13.0. The molecular formula is C18H12Br2. The van der Waals surface area contributed by atoms with Crippen LogP contribution in [0.15, 0.2) is 87.4 Å². The van der Waals surface area contributed by atoms with Gasteiger partial charge in [-0.2, -0.15) is 0 Å². The third-order valence-corrected chi connectivity index (χ3v) is 4.27. The third-order valence-electron chi connectivity index (χ3n) is 3.22. The fourth-order valence-electron chi connectivity index (χ4n) is 2.27. The van der Waals surface area contributed by atoms with Crippen LogP contribution in [0.1, 0.15) is 11.1 Å². The van der Waals surface area contributed by atoms with Crippen LogP contribution >= 0.6 is 31.9 Å². The maximum absolute atomic E-state index is 3.49. The van der Waals surface area contributed by atoms with Gasteiger partial charge < -0.3 is 0 Å². The van der Waals surface area contributed by atoms with Crippen LogP contribution in [0.3, 0.4) is 0 Å². The maximum atomic E-state index is 3.49. The summed E-state index contributed by atoms with van der Waals surface area (Å²) in [5.74, 6) is 0. The summed E-state index contributed by atoms with van der Waals surface area (Å²) in [7, 11) is 0. The van der Waals surface area contributed by atoms with Crippen molar-refractivity contribution in [3.63, 3.8) is 0 Å². The van der Waals surface area contributed by atoms with Crippen molar-refractivity contribution >= 4 is 37.4 Å². The van der Waals surface area contributed by atoms with Crippen molar-refractivity contribution in [3.05, 3.63) is 98.5 Å². The van der Waals surface area contributed by atoms with Crippen LogP contribution in [0.25, 0.3) is 5.57 Å². The van der Waals surface area contributed by atoms with E-state index in [0.29, 0.717) is 0 Å². The molecule has 1 aliphatic carbocycles. The van der Waals surface area contributed by atoms with E-state index in [9.17, 15) is 0 Å². The van der Waals surface area contributed by atoms with Crippen LogP contribution in [-0.2, 0) is 0 Å². The summed E-state index contributed by atoms with van der Waals surface area (Å²) in [5, 5.41) is 0. The molecule has 1 aliphatic rings. The summed E-state index contributed by atoms with van der Waals surface area (Å²) < 4.78 is 2.19. The average Bonchev–Trinajstić information content (AvgIpc) is 2.97. The van der Waals surface area contributed by atoms with Crippen LogP contribution in [0.5, 0.6) is 0 Å². The molecule has 0 atom stereocenters. The second-order valence-corrected chi connectivity index (χ2v) is 6.39. The van der Waals surface area contributed by atoms with Gasteiger partial charge in [-0.1, -0.05) is 80.4 Å². The highest BCUT2D eigenvalue weighted by Gasteiger charge is 2.10. The summed E-state index contributed by atoms with van der Waals surface area (Å²) >= 11 is 6.99. The second kappa shape index (κ2) is 5.94. The van der Waals surface area contributed by atoms with Crippen molar-refractivity contribution in [3.8, 4) is 0 Å². The Morgan fingerprint density at radius 3 is 1.40 bits per heavy atom. The predicted octanol–water partition coefficient (Wildman–Crippen LogP) is 6.14. The minimum atomic E-state index is 1.10. The molecule has 0 aromatic heterocycles. The Hall–Kier alpha value is -1.38. The Morgan fingerprint density at radius 1 is 0.600 bits per heavy atom. The largest absolute Gasteiger partial charge is 0.0616 e. The van der Waals surface area contributed by atoms with E-state index in [1.165, 1.54) is 22.3 Å². The Morgan fingerprint density at radius 2 is 1.00 bits per heavy atom. The van der Waals surface area contributed by atoms with Gasteiger partial charge in [-0.05, 0) is 46.5 Å². The van der Waals surface area contributed by atoms with Crippen LogP contribution in [0.4, 0.5) is 0 Å². The molecule has 0 saturated heterocycles. The van der Waals surface area contributed by atoms with Gasteiger partial charge in [0.25, 0.3) is 0 Å². The van der Waals surface area contributed by atoms with Crippen molar-refractivity contribution in [1.29, 1.82) is 0 Å². The van der Waals surface area contributed by atoms with E-state index in [1.807, 2.05) is 0 Å². The standard InChI is InChI=1S/C18H12Br2/c19-16-9-5-14(6-10-16)18(13-3-1-2-4-13)15-7-11-17(20)12-8-15/h1-12H. The summed E-state index contributed by atoms with van der Waals surface area (Å²) in [5.41, 5.74) is 4.95. The third kappa shape index (κ3) is 2.87. The topological polar surface area (TPSA) is 0 Å². The number of halogens is 2. The molecular weight excluding hydrogens is 376 g/mol. The molecule has 2 aromatic rings. The Bertz CT molecular complexity index is 641. The molecule has 98 valence electrons. The molecule has 0 unspecified atom stereocenters. The number of hydrogen-bond acceptors (Lipinski definition) is 0. The number of benzene rings is 2. The van der Waals surface area contributed by atoms with Gasteiger partial charge in [-0.3, -0.25) is 0 Å². The second-order valence-electron chi connectivity index (χ2n) is 4.56. The van der Waals surface area contributed by atoms with Crippen LogP contribution in [-0.4, -0.2) is 0 Å². The highest BCUT2D eigenvalue weighted by molar-refractivity contribution is 9.10. The van der Waals surface area contributed by atoms with Gasteiger partial charge in [0.05, 0.1) is 0 Å². The molecule has 0 aliphatic heterocycles. The average molecular weight is 388 g/mol.